The lowest BCUT2D eigenvalue weighted by Crippen LogP contribution is -2.29. The molecule has 0 aliphatic carbocycles. The fourth-order valence-electron chi connectivity index (χ4n) is 4.84. The van der Waals surface area contributed by atoms with Gasteiger partial charge in [-0.3, -0.25) is 9.48 Å². The number of halogens is 2. The molecule has 12 heteroatoms. The Hall–Kier alpha value is -3.86. The molecule has 4 heterocycles. The van der Waals surface area contributed by atoms with E-state index in [1.807, 2.05) is 25.4 Å². The van der Waals surface area contributed by atoms with Gasteiger partial charge in [0.1, 0.15) is 23.1 Å². The van der Waals surface area contributed by atoms with Gasteiger partial charge >= 0.3 is 0 Å². The molecule has 1 aliphatic rings. The number of nitrogens with zero attached hydrogens (tertiary/aromatic N) is 4. The molecule has 1 saturated heterocycles. The average Bonchev–Trinajstić information content (AvgIpc) is 3.59. The molecule has 41 heavy (non-hydrogen) atoms. The molecule has 10 nitrogen and oxygen atoms in total. The number of fused-ring (bicyclic) bond motifs is 1. The number of carbonyl (C=O) groups excluding carboxylic acids is 1. The fraction of sp³-hybridized carbons (Fsp3) is 0.310. The molecule has 3 aromatic heterocycles. The van der Waals surface area contributed by atoms with Crippen LogP contribution in [0.2, 0.25) is 10.0 Å². The molecule has 1 aromatic carbocycles. The number of allylic oxidation sites excluding steroid dienone is 1. The first-order chi connectivity index (χ1) is 19.8. The highest BCUT2D eigenvalue weighted by Crippen LogP contribution is 2.46. The average molecular weight is 598 g/mol. The van der Waals surface area contributed by atoms with Crippen LogP contribution >= 0.6 is 23.2 Å². The Kier molecular flexibility index (Phi) is 8.63. The first kappa shape index (κ1) is 28.7. The maximum Gasteiger partial charge on any atom is 0.155 e. The van der Waals surface area contributed by atoms with Crippen LogP contribution in [0.3, 0.4) is 0 Å². The number of nitrogens with one attached hydrogen (secondary N) is 2. The van der Waals surface area contributed by atoms with Crippen molar-refractivity contribution in [1.29, 1.82) is 0 Å². The van der Waals surface area contributed by atoms with Crippen LogP contribution in [0, 0.1) is 5.92 Å². The normalized spacial score (nSPS) is 16.5. The fourth-order valence-corrected chi connectivity index (χ4v) is 5.53. The van der Waals surface area contributed by atoms with Gasteiger partial charge in [-0.25, -0.2) is 9.97 Å². The molecule has 214 valence electrons. The van der Waals surface area contributed by atoms with E-state index in [1.165, 1.54) is 20.3 Å². The Morgan fingerprint density at radius 3 is 2.59 bits per heavy atom. The summed E-state index contributed by atoms with van der Waals surface area (Å²) in [6.45, 7) is 5.04. The zero-order valence-corrected chi connectivity index (χ0v) is 24.4. The van der Waals surface area contributed by atoms with Crippen molar-refractivity contribution >= 4 is 51.4 Å². The van der Waals surface area contributed by atoms with Gasteiger partial charge in [0.05, 0.1) is 55.4 Å². The number of ether oxygens (including phenoxy) is 3. The van der Waals surface area contributed by atoms with E-state index in [2.05, 4.69) is 27.3 Å². The highest BCUT2D eigenvalue weighted by Gasteiger charge is 2.30. The summed E-state index contributed by atoms with van der Waals surface area (Å²) in [6, 6.07) is 5.37. The van der Waals surface area contributed by atoms with Gasteiger partial charge in [0.2, 0.25) is 0 Å². The second-order valence-electron chi connectivity index (χ2n) is 9.73. The zero-order valence-electron chi connectivity index (χ0n) is 22.9. The van der Waals surface area contributed by atoms with Crippen molar-refractivity contribution in [2.24, 2.45) is 13.0 Å². The molecule has 0 amide bonds. The minimum absolute atomic E-state index is 0.0103. The van der Waals surface area contributed by atoms with Crippen LogP contribution < -0.4 is 20.1 Å². The summed E-state index contributed by atoms with van der Waals surface area (Å²) in [5, 5.41) is 13.4. The van der Waals surface area contributed by atoms with Crippen molar-refractivity contribution in [3.63, 3.8) is 0 Å². The molecule has 0 spiro atoms. The quantitative estimate of drug-likeness (QED) is 0.215. The second kappa shape index (κ2) is 12.3. The summed E-state index contributed by atoms with van der Waals surface area (Å²) >= 11 is 13.5. The first-order valence-corrected chi connectivity index (χ1v) is 13.7. The Labute approximate surface area is 247 Å². The highest BCUT2D eigenvalue weighted by atomic mass is 35.5. The molecule has 5 rings (SSSR count). The molecule has 0 radical (unpaired) electrons. The van der Waals surface area contributed by atoms with Crippen LogP contribution in [0.1, 0.15) is 12.0 Å². The van der Waals surface area contributed by atoms with E-state index >= 15 is 0 Å². The van der Waals surface area contributed by atoms with E-state index in [0.29, 0.717) is 70.6 Å². The number of pyridine rings is 2. The Balaban J connectivity index is 1.56. The lowest BCUT2D eigenvalue weighted by Gasteiger charge is -2.20. The van der Waals surface area contributed by atoms with Gasteiger partial charge in [-0.2, -0.15) is 5.10 Å². The summed E-state index contributed by atoms with van der Waals surface area (Å²) < 4.78 is 18.3. The number of carbonyl (C=O) groups is 1. The van der Waals surface area contributed by atoms with E-state index in [9.17, 15) is 4.79 Å². The number of aromatic nitrogens is 4. The van der Waals surface area contributed by atoms with E-state index in [-0.39, 0.29) is 17.7 Å². The summed E-state index contributed by atoms with van der Waals surface area (Å²) in [4.78, 5) is 21.6. The van der Waals surface area contributed by atoms with Gasteiger partial charge in [-0.05, 0) is 18.2 Å². The van der Waals surface area contributed by atoms with Crippen LogP contribution in [0.25, 0.3) is 22.0 Å². The SMILES string of the molecule is C=CC(=O)C[C@H]1COC[C@H]1Nc1cc2c(NCc3cnn(C)c3)nc(-c3c(Cl)c(OC)cc(OC)c3Cl)cc2cn1. The number of benzene rings is 1. The Morgan fingerprint density at radius 2 is 1.93 bits per heavy atom. The van der Waals surface area contributed by atoms with Crippen LogP contribution in [0.4, 0.5) is 11.6 Å². The summed E-state index contributed by atoms with van der Waals surface area (Å²) in [5.74, 6) is 2.08. The van der Waals surface area contributed by atoms with Crippen LogP contribution in [-0.4, -0.2) is 59.0 Å². The summed E-state index contributed by atoms with van der Waals surface area (Å²) in [6.07, 6.45) is 7.20. The predicted octanol–water partition coefficient (Wildman–Crippen LogP) is 5.54. The second-order valence-corrected chi connectivity index (χ2v) is 10.5. The van der Waals surface area contributed by atoms with Crippen molar-refractivity contribution < 1.29 is 19.0 Å². The molecular weight excluding hydrogens is 567 g/mol. The van der Waals surface area contributed by atoms with Gasteiger partial charge in [0.15, 0.2) is 5.78 Å². The third-order valence-electron chi connectivity index (χ3n) is 6.99. The lowest BCUT2D eigenvalue weighted by atomic mass is 9.97. The molecule has 4 aromatic rings. The summed E-state index contributed by atoms with van der Waals surface area (Å²) in [7, 11) is 4.92. The molecule has 2 atom stereocenters. The van der Waals surface area contributed by atoms with Crippen molar-refractivity contribution in [3.8, 4) is 22.8 Å². The number of hydrogen-bond donors (Lipinski definition) is 2. The minimum atomic E-state index is -0.0650. The smallest absolute Gasteiger partial charge is 0.155 e. The largest absolute Gasteiger partial charge is 0.495 e. The number of aryl methyl sites for hydroxylation is 1. The highest BCUT2D eigenvalue weighted by molar-refractivity contribution is 6.41. The van der Waals surface area contributed by atoms with E-state index < -0.39 is 0 Å². The molecule has 1 aliphatic heterocycles. The summed E-state index contributed by atoms with van der Waals surface area (Å²) in [5.41, 5.74) is 1.99. The van der Waals surface area contributed by atoms with Crippen molar-refractivity contribution in [1.82, 2.24) is 19.7 Å². The Bertz CT molecular complexity index is 1580. The Morgan fingerprint density at radius 1 is 1.17 bits per heavy atom. The molecule has 2 N–H and O–H groups in total. The number of ketones is 1. The van der Waals surface area contributed by atoms with E-state index in [0.717, 1.165) is 16.3 Å². The van der Waals surface area contributed by atoms with Gasteiger partial charge in [-0.1, -0.05) is 29.8 Å². The molecular formula is C29H30Cl2N6O4. The minimum Gasteiger partial charge on any atom is -0.495 e. The van der Waals surface area contributed by atoms with Gasteiger partial charge in [0.25, 0.3) is 0 Å². The van der Waals surface area contributed by atoms with Crippen LogP contribution in [-0.2, 0) is 23.1 Å². The van der Waals surface area contributed by atoms with E-state index in [1.54, 1.807) is 23.1 Å². The number of hydrogen-bond acceptors (Lipinski definition) is 9. The van der Waals surface area contributed by atoms with Crippen molar-refractivity contribution in [2.75, 3.05) is 38.1 Å². The predicted molar refractivity (Wildman–Crippen MR) is 160 cm³/mol. The van der Waals surface area contributed by atoms with Gasteiger partial charge in [0, 0.05) is 66.3 Å². The third-order valence-corrected chi connectivity index (χ3v) is 7.74. The van der Waals surface area contributed by atoms with Crippen molar-refractivity contribution in [2.45, 2.75) is 19.0 Å². The van der Waals surface area contributed by atoms with Crippen LogP contribution in [0.5, 0.6) is 11.5 Å². The lowest BCUT2D eigenvalue weighted by molar-refractivity contribution is -0.115. The first-order valence-electron chi connectivity index (χ1n) is 12.9. The molecule has 1 fully saturated rings. The van der Waals surface area contributed by atoms with Gasteiger partial charge in [-0.15, -0.1) is 0 Å². The van der Waals surface area contributed by atoms with Crippen LogP contribution in [0.15, 0.2) is 49.4 Å². The monoisotopic (exact) mass is 596 g/mol. The topological polar surface area (TPSA) is 112 Å². The molecule has 0 bridgehead atoms. The molecule has 0 saturated carbocycles. The number of anilines is 2. The standard InChI is InChI=1S/C29H30Cl2N6O4/c1-5-19(38)6-18-14-41-15-22(18)35-25-8-20-17(12-32-25)7-21(36-29(20)33-10-16-11-34-37(2)13-16)26-27(30)23(39-3)9-24(40-4)28(26)31/h5,7-9,11-13,18,22H,1,6,10,14-15H2,2-4H3,(H,32,35)(H,33,36)/t18-,22+/m0/s1. The maximum absolute atomic E-state index is 12.0. The van der Waals surface area contributed by atoms with Gasteiger partial charge < -0.3 is 24.8 Å². The maximum atomic E-state index is 12.0. The number of methoxy groups -OCH3 is 2. The van der Waals surface area contributed by atoms with E-state index in [4.69, 9.17) is 42.4 Å². The number of rotatable bonds is 11. The zero-order chi connectivity index (χ0) is 29.1. The third kappa shape index (κ3) is 6.09. The van der Waals surface area contributed by atoms with Crippen molar-refractivity contribution in [3.05, 3.63) is 65.1 Å². The molecule has 0 unspecified atom stereocenters.